The summed E-state index contributed by atoms with van der Waals surface area (Å²) in [5.74, 6) is 0. The van der Waals surface area contributed by atoms with Crippen molar-refractivity contribution >= 4 is 0 Å². The third-order valence-corrected chi connectivity index (χ3v) is 3.66. The van der Waals surface area contributed by atoms with E-state index >= 15 is 0 Å². The minimum absolute atomic E-state index is 0.236. The molecular formula is C13H27NO2. The van der Waals surface area contributed by atoms with E-state index in [9.17, 15) is 5.11 Å². The molecule has 1 aliphatic heterocycles. The molecule has 0 unspecified atom stereocenters. The van der Waals surface area contributed by atoms with Gasteiger partial charge < -0.3 is 9.84 Å². The van der Waals surface area contributed by atoms with Gasteiger partial charge in [-0.3, -0.25) is 4.90 Å². The molecular weight excluding hydrogens is 202 g/mol. The highest BCUT2D eigenvalue weighted by molar-refractivity contribution is 4.97. The highest BCUT2D eigenvalue weighted by atomic mass is 16.5. The Labute approximate surface area is 99.8 Å². The molecule has 1 heterocycles. The van der Waals surface area contributed by atoms with E-state index in [1.54, 1.807) is 0 Å². The normalized spacial score (nSPS) is 32.8. The maximum atomic E-state index is 9.30. The monoisotopic (exact) mass is 229 g/mol. The average Bonchev–Trinajstić information content (AvgIpc) is 3.07. The van der Waals surface area contributed by atoms with Crippen LogP contribution in [0, 0.1) is 5.41 Å². The Morgan fingerprint density at radius 3 is 2.06 bits per heavy atom. The summed E-state index contributed by atoms with van der Waals surface area (Å²) in [7, 11) is 0. The molecule has 1 N–H and O–H groups in total. The first kappa shape index (κ1) is 13.9. The molecule has 0 amide bonds. The van der Waals surface area contributed by atoms with Crippen LogP contribution in [0.2, 0.25) is 0 Å². The molecule has 1 aliphatic carbocycles. The number of rotatable bonds is 3. The number of hydrogen-bond acceptors (Lipinski definition) is 3. The number of morpholine rings is 1. The molecule has 0 aromatic carbocycles. The SMILES string of the molecule is CC.C[C@@H]1COC[C@H](C)N1CC1(CO)CC1. The number of aliphatic hydroxyl groups is 1. The van der Waals surface area contributed by atoms with Crippen LogP contribution in [0.1, 0.15) is 40.5 Å². The molecule has 0 spiro atoms. The van der Waals surface area contributed by atoms with Gasteiger partial charge in [-0.25, -0.2) is 0 Å². The zero-order chi connectivity index (χ0) is 12.2. The maximum Gasteiger partial charge on any atom is 0.0620 e. The predicted octanol–water partition coefficient (Wildman–Crippen LogP) is 1.89. The van der Waals surface area contributed by atoms with Crippen molar-refractivity contribution in [3.05, 3.63) is 0 Å². The largest absolute Gasteiger partial charge is 0.396 e. The minimum Gasteiger partial charge on any atom is -0.396 e. The van der Waals surface area contributed by atoms with E-state index in [-0.39, 0.29) is 5.41 Å². The van der Waals surface area contributed by atoms with Crippen LogP contribution in [0.15, 0.2) is 0 Å². The molecule has 0 aromatic rings. The molecule has 16 heavy (non-hydrogen) atoms. The lowest BCUT2D eigenvalue weighted by Gasteiger charge is -2.40. The lowest BCUT2D eigenvalue weighted by Crippen LogP contribution is -2.52. The van der Waals surface area contributed by atoms with Crippen molar-refractivity contribution in [2.24, 2.45) is 5.41 Å². The van der Waals surface area contributed by atoms with Crippen molar-refractivity contribution in [3.8, 4) is 0 Å². The number of aliphatic hydroxyl groups excluding tert-OH is 1. The van der Waals surface area contributed by atoms with Gasteiger partial charge in [0.15, 0.2) is 0 Å². The van der Waals surface area contributed by atoms with Gasteiger partial charge in [-0.15, -0.1) is 0 Å². The Hall–Kier alpha value is -0.120. The fourth-order valence-electron chi connectivity index (χ4n) is 2.28. The standard InChI is InChI=1S/C11H21NO2.C2H6/c1-9-5-14-6-10(2)12(9)7-11(8-13)3-4-11;1-2/h9-10,13H,3-8H2,1-2H3;1-2H3/t9-,10+;. The molecule has 2 aliphatic rings. The van der Waals surface area contributed by atoms with Gasteiger partial charge in [-0.05, 0) is 26.7 Å². The van der Waals surface area contributed by atoms with Gasteiger partial charge >= 0.3 is 0 Å². The van der Waals surface area contributed by atoms with Gasteiger partial charge in [-0.2, -0.15) is 0 Å². The van der Waals surface area contributed by atoms with Crippen molar-refractivity contribution in [1.29, 1.82) is 0 Å². The molecule has 0 aromatic heterocycles. The van der Waals surface area contributed by atoms with E-state index in [0.29, 0.717) is 18.7 Å². The Morgan fingerprint density at radius 2 is 1.69 bits per heavy atom. The molecule has 2 rings (SSSR count). The second kappa shape index (κ2) is 5.99. The highest BCUT2D eigenvalue weighted by Gasteiger charge is 2.45. The summed E-state index contributed by atoms with van der Waals surface area (Å²) in [6.07, 6.45) is 2.39. The first-order valence-corrected chi connectivity index (χ1v) is 6.61. The van der Waals surface area contributed by atoms with E-state index < -0.39 is 0 Å². The summed E-state index contributed by atoms with van der Waals surface area (Å²) in [6.45, 7) is 11.5. The van der Waals surface area contributed by atoms with Crippen molar-refractivity contribution in [2.45, 2.75) is 52.6 Å². The number of ether oxygens (including phenoxy) is 1. The van der Waals surface area contributed by atoms with Crippen molar-refractivity contribution in [3.63, 3.8) is 0 Å². The van der Waals surface area contributed by atoms with E-state index in [0.717, 1.165) is 19.8 Å². The van der Waals surface area contributed by atoms with Crippen LogP contribution < -0.4 is 0 Å². The zero-order valence-electron chi connectivity index (χ0n) is 11.2. The maximum absolute atomic E-state index is 9.30. The predicted molar refractivity (Wildman–Crippen MR) is 66.5 cm³/mol. The van der Waals surface area contributed by atoms with Gasteiger partial charge in [0.05, 0.1) is 13.2 Å². The van der Waals surface area contributed by atoms with Crippen molar-refractivity contribution in [1.82, 2.24) is 4.90 Å². The van der Waals surface area contributed by atoms with Gasteiger partial charge in [0.1, 0.15) is 0 Å². The fraction of sp³-hybridized carbons (Fsp3) is 1.00. The number of hydrogen-bond donors (Lipinski definition) is 1. The molecule has 1 saturated heterocycles. The average molecular weight is 229 g/mol. The Kier molecular flexibility index (Phi) is 5.22. The summed E-state index contributed by atoms with van der Waals surface area (Å²) in [5, 5.41) is 9.30. The summed E-state index contributed by atoms with van der Waals surface area (Å²) in [4.78, 5) is 2.49. The number of nitrogens with zero attached hydrogens (tertiary/aromatic N) is 1. The van der Waals surface area contributed by atoms with Crippen LogP contribution in [0.5, 0.6) is 0 Å². The first-order valence-electron chi connectivity index (χ1n) is 6.61. The summed E-state index contributed by atoms with van der Waals surface area (Å²) in [5.41, 5.74) is 0.236. The van der Waals surface area contributed by atoms with Gasteiger partial charge in [0.25, 0.3) is 0 Å². The van der Waals surface area contributed by atoms with E-state index in [2.05, 4.69) is 18.7 Å². The van der Waals surface area contributed by atoms with Crippen LogP contribution >= 0.6 is 0 Å². The highest BCUT2D eigenvalue weighted by Crippen LogP contribution is 2.46. The van der Waals surface area contributed by atoms with Gasteiger partial charge in [-0.1, -0.05) is 13.8 Å². The minimum atomic E-state index is 0.236. The molecule has 3 heteroatoms. The van der Waals surface area contributed by atoms with Crippen molar-refractivity contribution in [2.75, 3.05) is 26.4 Å². The second-order valence-corrected chi connectivity index (χ2v) is 5.07. The summed E-state index contributed by atoms with van der Waals surface area (Å²) < 4.78 is 5.49. The van der Waals surface area contributed by atoms with Crippen LogP contribution in [-0.2, 0) is 4.74 Å². The Bertz CT molecular complexity index is 194. The molecule has 0 bridgehead atoms. The Morgan fingerprint density at radius 1 is 1.19 bits per heavy atom. The van der Waals surface area contributed by atoms with E-state index in [1.807, 2.05) is 13.8 Å². The smallest absolute Gasteiger partial charge is 0.0620 e. The van der Waals surface area contributed by atoms with E-state index in [1.165, 1.54) is 12.8 Å². The molecule has 96 valence electrons. The first-order chi connectivity index (χ1) is 7.67. The fourth-order valence-corrected chi connectivity index (χ4v) is 2.28. The van der Waals surface area contributed by atoms with Crippen LogP contribution in [-0.4, -0.2) is 48.5 Å². The lowest BCUT2D eigenvalue weighted by atomic mass is 10.0. The molecule has 1 saturated carbocycles. The lowest BCUT2D eigenvalue weighted by molar-refractivity contribution is -0.0490. The van der Waals surface area contributed by atoms with Gasteiger partial charge in [0, 0.05) is 30.7 Å². The third kappa shape index (κ3) is 3.19. The van der Waals surface area contributed by atoms with Crippen LogP contribution in [0.4, 0.5) is 0 Å². The van der Waals surface area contributed by atoms with E-state index in [4.69, 9.17) is 4.74 Å². The quantitative estimate of drug-likeness (QED) is 0.802. The topological polar surface area (TPSA) is 32.7 Å². The molecule has 3 nitrogen and oxygen atoms in total. The molecule has 0 radical (unpaired) electrons. The van der Waals surface area contributed by atoms with Crippen LogP contribution in [0.25, 0.3) is 0 Å². The van der Waals surface area contributed by atoms with Crippen molar-refractivity contribution < 1.29 is 9.84 Å². The second-order valence-electron chi connectivity index (χ2n) is 5.07. The zero-order valence-corrected chi connectivity index (χ0v) is 11.2. The molecule has 2 atom stereocenters. The third-order valence-electron chi connectivity index (χ3n) is 3.66. The van der Waals surface area contributed by atoms with Gasteiger partial charge in [0.2, 0.25) is 0 Å². The molecule has 2 fully saturated rings. The summed E-state index contributed by atoms with van der Waals surface area (Å²) >= 11 is 0. The Balaban J connectivity index is 0.000000606. The van der Waals surface area contributed by atoms with Crippen LogP contribution in [0.3, 0.4) is 0 Å². The summed E-state index contributed by atoms with van der Waals surface area (Å²) in [6, 6.07) is 1.01.